The fourth-order valence-corrected chi connectivity index (χ4v) is 4.10. The molecule has 0 spiro atoms. The maximum absolute atomic E-state index is 12.6. The van der Waals surface area contributed by atoms with Crippen LogP contribution in [0.25, 0.3) is 0 Å². The van der Waals surface area contributed by atoms with Crippen LogP contribution in [-0.4, -0.2) is 58.1 Å². The smallest absolute Gasteiger partial charge is 0.225 e. The Bertz CT molecular complexity index is 558. The lowest BCUT2D eigenvalue weighted by Crippen LogP contribution is -2.45. The zero-order valence-electron chi connectivity index (χ0n) is 15.3. The largest absolute Gasteiger partial charge is 0.345 e. The van der Waals surface area contributed by atoms with E-state index in [1.807, 2.05) is 33.8 Å². The van der Waals surface area contributed by atoms with Crippen molar-refractivity contribution in [2.45, 2.75) is 51.5 Å². The average molecular weight is 346 g/mol. The number of amides is 2. The van der Waals surface area contributed by atoms with Gasteiger partial charge in [0, 0.05) is 57.5 Å². The van der Waals surface area contributed by atoms with Crippen molar-refractivity contribution in [3.05, 3.63) is 18.5 Å². The molecule has 2 fully saturated rings. The molecule has 1 saturated heterocycles. The summed E-state index contributed by atoms with van der Waals surface area (Å²) in [5.41, 5.74) is 0. The fraction of sp³-hybridized carbons (Fsp3) is 0.737. The first-order valence-corrected chi connectivity index (χ1v) is 9.66. The molecule has 0 unspecified atom stereocenters. The molecule has 25 heavy (non-hydrogen) atoms. The van der Waals surface area contributed by atoms with Gasteiger partial charge in [-0.1, -0.05) is 12.8 Å². The van der Waals surface area contributed by atoms with Crippen molar-refractivity contribution in [2.75, 3.05) is 26.7 Å². The van der Waals surface area contributed by atoms with Crippen LogP contribution in [0.3, 0.4) is 0 Å². The van der Waals surface area contributed by atoms with Crippen molar-refractivity contribution in [3.63, 3.8) is 0 Å². The third-order valence-electron chi connectivity index (χ3n) is 5.68. The molecule has 2 amide bonds. The number of nitrogens with zero attached hydrogens (tertiary/aromatic N) is 4. The molecule has 2 aliphatic rings. The van der Waals surface area contributed by atoms with Crippen molar-refractivity contribution in [2.24, 2.45) is 11.8 Å². The lowest BCUT2D eigenvalue weighted by molar-refractivity contribution is -0.141. The van der Waals surface area contributed by atoms with Crippen LogP contribution in [0.4, 0.5) is 0 Å². The van der Waals surface area contributed by atoms with E-state index in [1.165, 1.54) is 12.8 Å². The Morgan fingerprint density at radius 3 is 2.48 bits per heavy atom. The minimum absolute atomic E-state index is 0.0716. The second kappa shape index (κ2) is 8.50. The number of hydrogen-bond acceptors (Lipinski definition) is 3. The summed E-state index contributed by atoms with van der Waals surface area (Å²) in [6.45, 7) is 3.07. The molecule has 1 aliphatic carbocycles. The summed E-state index contributed by atoms with van der Waals surface area (Å²) in [6.07, 6.45) is 10.7. The number of rotatable bonds is 6. The third kappa shape index (κ3) is 4.61. The summed E-state index contributed by atoms with van der Waals surface area (Å²) in [4.78, 5) is 29.0. The molecule has 6 nitrogen and oxygen atoms in total. The predicted octanol–water partition coefficient (Wildman–Crippen LogP) is 2.16. The van der Waals surface area contributed by atoms with Crippen molar-refractivity contribution >= 4 is 11.8 Å². The Labute approximate surface area is 150 Å². The third-order valence-corrected chi connectivity index (χ3v) is 5.68. The van der Waals surface area contributed by atoms with Gasteiger partial charge in [0.1, 0.15) is 0 Å². The van der Waals surface area contributed by atoms with Crippen LogP contribution in [0.15, 0.2) is 18.5 Å². The fourth-order valence-electron chi connectivity index (χ4n) is 4.10. The van der Waals surface area contributed by atoms with Gasteiger partial charge < -0.3 is 9.80 Å². The van der Waals surface area contributed by atoms with E-state index >= 15 is 0 Å². The van der Waals surface area contributed by atoms with Gasteiger partial charge in [0.2, 0.25) is 11.8 Å². The predicted molar refractivity (Wildman–Crippen MR) is 95.7 cm³/mol. The van der Waals surface area contributed by atoms with Crippen LogP contribution in [0.1, 0.15) is 44.9 Å². The zero-order chi connectivity index (χ0) is 17.6. The molecular weight excluding hydrogens is 316 g/mol. The zero-order valence-corrected chi connectivity index (χ0v) is 15.3. The number of aromatic nitrogens is 2. The number of carbonyl (C=O) groups is 2. The quantitative estimate of drug-likeness (QED) is 0.793. The Morgan fingerprint density at radius 1 is 1.12 bits per heavy atom. The summed E-state index contributed by atoms with van der Waals surface area (Å²) in [7, 11) is 1.89. The van der Waals surface area contributed by atoms with Crippen LogP contribution in [0.5, 0.6) is 0 Å². The van der Waals surface area contributed by atoms with Gasteiger partial charge in [0.15, 0.2) is 0 Å². The van der Waals surface area contributed by atoms with Gasteiger partial charge in [-0.25, -0.2) is 0 Å². The SMILES string of the molecule is CN(CCCn1cccn1)C(=O)C1CCN(C(=O)C2CCCC2)CC1. The maximum atomic E-state index is 12.6. The minimum Gasteiger partial charge on any atom is -0.345 e. The standard InChI is InChI=1S/C19H30N4O2/c1-21(11-5-13-23-12-4-10-20-23)18(24)17-8-14-22(15-9-17)19(25)16-6-2-3-7-16/h4,10,12,16-17H,2-3,5-9,11,13-15H2,1H3. The summed E-state index contributed by atoms with van der Waals surface area (Å²) >= 11 is 0. The highest BCUT2D eigenvalue weighted by molar-refractivity contribution is 5.81. The summed E-state index contributed by atoms with van der Waals surface area (Å²) in [6, 6.07) is 1.91. The number of piperidine rings is 1. The molecule has 0 aromatic carbocycles. The van der Waals surface area contributed by atoms with E-state index < -0.39 is 0 Å². The highest BCUT2D eigenvalue weighted by Gasteiger charge is 2.32. The molecule has 1 saturated carbocycles. The minimum atomic E-state index is 0.0716. The molecule has 1 aromatic heterocycles. The van der Waals surface area contributed by atoms with E-state index in [9.17, 15) is 9.59 Å². The van der Waals surface area contributed by atoms with Gasteiger partial charge >= 0.3 is 0 Å². The van der Waals surface area contributed by atoms with Gasteiger partial charge in [-0.05, 0) is 38.2 Å². The van der Waals surface area contributed by atoms with E-state index in [1.54, 1.807) is 6.20 Å². The number of likely N-dealkylation sites (tertiary alicyclic amines) is 1. The van der Waals surface area contributed by atoms with E-state index in [0.29, 0.717) is 5.91 Å². The van der Waals surface area contributed by atoms with Crippen LogP contribution in [0.2, 0.25) is 0 Å². The van der Waals surface area contributed by atoms with Crippen LogP contribution >= 0.6 is 0 Å². The second-order valence-electron chi connectivity index (χ2n) is 7.46. The highest BCUT2D eigenvalue weighted by Crippen LogP contribution is 2.28. The first-order valence-electron chi connectivity index (χ1n) is 9.66. The molecular formula is C19H30N4O2. The monoisotopic (exact) mass is 346 g/mol. The summed E-state index contributed by atoms with van der Waals surface area (Å²) < 4.78 is 1.89. The summed E-state index contributed by atoms with van der Waals surface area (Å²) in [5.74, 6) is 0.879. The first kappa shape index (κ1) is 18.0. The van der Waals surface area contributed by atoms with Crippen molar-refractivity contribution < 1.29 is 9.59 Å². The maximum Gasteiger partial charge on any atom is 0.225 e. The Balaban J connectivity index is 1.39. The topological polar surface area (TPSA) is 58.4 Å². The Kier molecular flexibility index (Phi) is 6.10. The molecule has 1 aliphatic heterocycles. The molecule has 138 valence electrons. The van der Waals surface area contributed by atoms with Gasteiger partial charge in [-0.3, -0.25) is 14.3 Å². The van der Waals surface area contributed by atoms with Crippen LogP contribution in [-0.2, 0) is 16.1 Å². The van der Waals surface area contributed by atoms with E-state index in [0.717, 1.165) is 58.3 Å². The molecule has 2 heterocycles. The van der Waals surface area contributed by atoms with E-state index in [4.69, 9.17) is 0 Å². The molecule has 6 heteroatoms. The Morgan fingerprint density at radius 2 is 1.84 bits per heavy atom. The second-order valence-corrected chi connectivity index (χ2v) is 7.46. The van der Waals surface area contributed by atoms with Crippen molar-refractivity contribution in [1.29, 1.82) is 0 Å². The Hall–Kier alpha value is -1.85. The lowest BCUT2D eigenvalue weighted by atomic mass is 9.94. The molecule has 0 atom stereocenters. The van der Waals surface area contributed by atoms with Crippen molar-refractivity contribution in [1.82, 2.24) is 19.6 Å². The molecule has 3 rings (SSSR count). The average Bonchev–Trinajstić information content (AvgIpc) is 3.34. The highest BCUT2D eigenvalue weighted by atomic mass is 16.2. The normalized spacial score (nSPS) is 19.3. The van der Waals surface area contributed by atoms with Gasteiger partial charge in [-0.2, -0.15) is 5.10 Å². The van der Waals surface area contributed by atoms with Crippen LogP contribution < -0.4 is 0 Å². The van der Waals surface area contributed by atoms with Gasteiger partial charge in [-0.15, -0.1) is 0 Å². The first-order chi connectivity index (χ1) is 12.1. The van der Waals surface area contributed by atoms with Gasteiger partial charge in [0.25, 0.3) is 0 Å². The molecule has 0 radical (unpaired) electrons. The van der Waals surface area contributed by atoms with E-state index in [2.05, 4.69) is 5.10 Å². The van der Waals surface area contributed by atoms with Crippen LogP contribution in [0, 0.1) is 11.8 Å². The molecule has 1 aromatic rings. The molecule has 0 N–H and O–H groups in total. The van der Waals surface area contributed by atoms with Crippen molar-refractivity contribution in [3.8, 4) is 0 Å². The number of aryl methyl sites for hydroxylation is 1. The molecule has 0 bridgehead atoms. The van der Waals surface area contributed by atoms with Gasteiger partial charge in [0.05, 0.1) is 0 Å². The lowest BCUT2D eigenvalue weighted by Gasteiger charge is -2.34. The summed E-state index contributed by atoms with van der Waals surface area (Å²) in [5, 5.41) is 4.18. The number of hydrogen-bond donors (Lipinski definition) is 0. The number of carbonyl (C=O) groups excluding carboxylic acids is 2. The van der Waals surface area contributed by atoms with E-state index in [-0.39, 0.29) is 17.7 Å².